The molecule has 1 N–H and O–H groups in total. The van der Waals surface area contributed by atoms with Crippen LogP contribution in [-0.2, 0) is 20.7 Å². The highest BCUT2D eigenvalue weighted by Crippen LogP contribution is 2.19. The largest absolute Gasteiger partial charge is 0.382 e. The molecule has 0 atom stereocenters. The topological polar surface area (TPSA) is 86.5 Å². The fourth-order valence-corrected chi connectivity index (χ4v) is 2.16. The number of amides is 1. The maximum absolute atomic E-state index is 13.6. The van der Waals surface area contributed by atoms with Crippen molar-refractivity contribution in [3.63, 3.8) is 0 Å². The molecule has 0 saturated heterocycles. The van der Waals surface area contributed by atoms with Gasteiger partial charge in [-0.25, -0.2) is 4.39 Å². The van der Waals surface area contributed by atoms with E-state index in [2.05, 4.69) is 15.5 Å². The molecule has 0 bridgehead atoms. The first-order chi connectivity index (χ1) is 12.6. The summed E-state index contributed by atoms with van der Waals surface area (Å²) < 4.78 is 28.9. The lowest BCUT2D eigenvalue weighted by Gasteiger charge is -2.05. The summed E-state index contributed by atoms with van der Waals surface area (Å²) in [5, 5.41) is 6.64. The summed E-state index contributed by atoms with van der Waals surface area (Å²) in [4.78, 5) is 16.0. The minimum Gasteiger partial charge on any atom is -0.382 e. The molecule has 142 valence electrons. The van der Waals surface area contributed by atoms with Gasteiger partial charge in [0.15, 0.2) is 0 Å². The SMILES string of the molecule is COCCOCCCNC(=O)CCc1nc(-c2ccc(C)c(F)c2)no1. The zero-order chi connectivity index (χ0) is 18.8. The van der Waals surface area contributed by atoms with E-state index < -0.39 is 0 Å². The van der Waals surface area contributed by atoms with Gasteiger partial charge in [-0.15, -0.1) is 0 Å². The van der Waals surface area contributed by atoms with E-state index in [0.717, 1.165) is 6.42 Å². The number of benzene rings is 1. The summed E-state index contributed by atoms with van der Waals surface area (Å²) in [5.74, 6) is 0.244. The van der Waals surface area contributed by atoms with Crippen LogP contribution < -0.4 is 5.32 Å². The molecule has 0 saturated carbocycles. The summed E-state index contributed by atoms with van der Waals surface area (Å²) in [5.41, 5.74) is 1.10. The number of hydrogen-bond donors (Lipinski definition) is 1. The Balaban J connectivity index is 1.69. The van der Waals surface area contributed by atoms with E-state index in [1.807, 2.05) is 0 Å². The zero-order valence-corrected chi connectivity index (χ0v) is 15.1. The van der Waals surface area contributed by atoms with Crippen molar-refractivity contribution < 1.29 is 23.2 Å². The molecular weight excluding hydrogens is 341 g/mol. The molecule has 0 spiro atoms. The van der Waals surface area contributed by atoms with E-state index in [0.29, 0.717) is 55.6 Å². The van der Waals surface area contributed by atoms with E-state index in [4.69, 9.17) is 14.0 Å². The molecule has 2 rings (SSSR count). The number of methoxy groups -OCH3 is 1. The van der Waals surface area contributed by atoms with Crippen molar-refractivity contribution in [3.05, 3.63) is 35.5 Å². The van der Waals surface area contributed by atoms with Gasteiger partial charge >= 0.3 is 0 Å². The number of aromatic nitrogens is 2. The third-order valence-corrected chi connectivity index (χ3v) is 3.68. The molecular formula is C18H24FN3O4. The predicted octanol–water partition coefficient (Wildman–Crippen LogP) is 2.29. The second kappa shape index (κ2) is 10.6. The first-order valence-electron chi connectivity index (χ1n) is 8.52. The number of nitrogens with zero attached hydrogens (tertiary/aromatic N) is 2. The molecule has 0 fully saturated rings. The predicted molar refractivity (Wildman–Crippen MR) is 93.1 cm³/mol. The molecule has 26 heavy (non-hydrogen) atoms. The summed E-state index contributed by atoms with van der Waals surface area (Å²) in [6.45, 7) is 3.92. The Bertz CT molecular complexity index is 705. The van der Waals surface area contributed by atoms with Crippen molar-refractivity contribution in [1.29, 1.82) is 0 Å². The van der Waals surface area contributed by atoms with Crippen molar-refractivity contribution in [2.45, 2.75) is 26.2 Å². The number of hydrogen-bond acceptors (Lipinski definition) is 6. The Hall–Kier alpha value is -2.32. The van der Waals surface area contributed by atoms with Crippen LogP contribution in [0.5, 0.6) is 0 Å². The second-order valence-corrected chi connectivity index (χ2v) is 5.78. The van der Waals surface area contributed by atoms with Crippen LogP contribution in [-0.4, -0.2) is 49.5 Å². The van der Waals surface area contributed by atoms with Crippen LogP contribution in [0.2, 0.25) is 0 Å². The normalized spacial score (nSPS) is 10.9. The summed E-state index contributed by atoms with van der Waals surface area (Å²) in [7, 11) is 1.62. The fraction of sp³-hybridized carbons (Fsp3) is 0.500. The first kappa shape index (κ1) is 20.0. The molecule has 0 aliphatic heterocycles. The van der Waals surface area contributed by atoms with Gasteiger partial charge in [-0.05, 0) is 25.0 Å². The molecule has 7 nitrogen and oxygen atoms in total. The number of rotatable bonds is 11. The molecule has 0 aliphatic carbocycles. The van der Waals surface area contributed by atoms with Gasteiger partial charge in [0.2, 0.25) is 17.6 Å². The van der Waals surface area contributed by atoms with Crippen molar-refractivity contribution in [1.82, 2.24) is 15.5 Å². The lowest BCUT2D eigenvalue weighted by molar-refractivity contribution is -0.121. The van der Waals surface area contributed by atoms with E-state index in [1.54, 1.807) is 26.2 Å². The Kier molecular flexibility index (Phi) is 8.17. The fourth-order valence-electron chi connectivity index (χ4n) is 2.16. The zero-order valence-electron chi connectivity index (χ0n) is 15.1. The monoisotopic (exact) mass is 365 g/mol. The number of nitrogens with one attached hydrogen (secondary N) is 1. The minimum atomic E-state index is -0.320. The Morgan fingerprint density at radius 3 is 2.92 bits per heavy atom. The van der Waals surface area contributed by atoms with Gasteiger partial charge in [-0.3, -0.25) is 4.79 Å². The van der Waals surface area contributed by atoms with Gasteiger partial charge < -0.3 is 19.3 Å². The van der Waals surface area contributed by atoms with Crippen molar-refractivity contribution in [2.75, 3.05) is 33.5 Å². The standard InChI is InChI=1S/C18H24FN3O4/c1-13-4-5-14(12-15(13)19)18-21-17(26-22-18)7-6-16(23)20-8-3-9-25-11-10-24-2/h4-5,12H,3,6-11H2,1-2H3,(H,20,23). The van der Waals surface area contributed by atoms with Crippen molar-refractivity contribution in [2.24, 2.45) is 0 Å². The quantitative estimate of drug-likeness (QED) is 0.615. The summed E-state index contributed by atoms with van der Waals surface area (Å²) >= 11 is 0. The first-order valence-corrected chi connectivity index (χ1v) is 8.52. The number of ether oxygens (including phenoxy) is 2. The molecule has 1 aromatic carbocycles. The van der Waals surface area contributed by atoms with Crippen LogP contribution in [0.25, 0.3) is 11.4 Å². The van der Waals surface area contributed by atoms with Gasteiger partial charge in [-0.1, -0.05) is 17.3 Å². The Labute approximate surface area is 151 Å². The van der Waals surface area contributed by atoms with E-state index >= 15 is 0 Å². The molecule has 1 amide bonds. The summed E-state index contributed by atoms with van der Waals surface area (Å²) in [6, 6.07) is 4.76. The van der Waals surface area contributed by atoms with Gasteiger partial charge in [-0.2, -0.15) is 4.98 Å². The van der Waals surface area contributed by atoms with E-state index in [-0.39, 0.29) is 18.1 Å². The highest BCUT2D eigenvalue weighted by atomic mass is 19.1. The lowest BCUT2D eigenvalue weighted by atomic mass is 10.1. The average Bonchev–Trinajstić information content (AvgIpc) is 3.10. The number of carbonyl (C=O) groups excluding carboxylic acids is 1. The lowest BCUT2D eigenvalue weighted by Crippen LogP contribution is -2.25. The van der Waals surface area contributed by atoms with Gasteiger partial charge in [0.25, 0.3) is 0 Å². The molecule has 0 radical (unpaired) electrons. The second-order valence-electron chi connectivity index (χ2n) is 5.78. The minimum absolute atomic E-state index is 0.0944. The number of halogens is 1. The smallest absolute Gasteiger partial charge is 0.227 e. The Morgan fingerprint density at radius 2 is 2.15 bits per heavy atom. The van der Waals surface area contributed by atoms with Crippen LogP contribution in [0.4, 0.5) is 4.39 Å². The molecule has 0 unspecified atom stereocenters. The third kappa shape index (κ3) is 6.53. The van der Waals surface area contributed by atoms with Crippen LogP contribution in [0, 0.1) is 12.7 Å². The van der Waals surface area contributed by atoms with E-state index in [9.17, 15) is 9.18 Å². The molecule has 8 heteroatoms. The highest BCUT2D eigenvalue weighted by molar-refractivity contribution is 5.75. The van der Waals surface area contributed by atoms with Gasteiger partial charge in [0.05, 0.1) is 13.2 Å². The van der Waals surface area contributed by atoms with Crippen LogP contribution in [0.15, 0.2) is 22.7 Å². The number of aryl methyl sites for hydroxylation is 2. The van der Waals surface area contributed by atoms with Crippen LogP contribution >= 0.6 is 0 Å². The van der Waals surface area contributed by atoms with E-state index in [1.165, 1.54) is 6.07 Å². The molecule has 1 heterocycles. The van der Waals surface area contributed by atoms with Gasteiger partial charge in [0.1, 0.15) is 5.82 Å². The average molecular weight is 365 g/mol. The highest BCUT2D eigenvalue weighted by Gasteiger charge is 2.11. The van der Waals surface area contributed by atoms with Crippen LogP contribution in [0.3, 0.4) is 0 Å². The molecule has 1 aromatic heterocycles. The maximum Gasteiger partial charge on any atom is 0.227 e. The molecule has 0 aliphatic rings. The van der Waals surface area contributed by atoms with Crippen molar-refractivity contribution in [3.8, 4) is 11.4 Å². The number of carbonyl (C=O) groups is 1. The third-order valence-electron chi connectivity index (χ3n) is 3.68. The molecule has 2 aromatic rings. The summed E-state index contributed by atoms with van der Waals surface area (Å²) in [6.07, 6.45) is 1.31. The van der Waals surface area contributed by atoms with Gasteiger partial charge in [0, 0.05) is 38.7 Å². The Morgan fingerprint density at radius 1 is 1.31 bits per heavy atom. The maximum atomic E-state index is 13.6. The van der Waals surface area contributed by atoms with Crippen molar-refractivity contribution >= 4 is 5.91 Å². The van der Waals surface area contributed by atoms with Crippen LogP contribution in [0.1, 0.15) is 24.3 Å².